The van der Waals surface area contributed by atoms with Gasteiger partial charge in [-0.15, -0.1) is 0 Å². The first-order chi connectivity index (χ1) is 9.62. The second-order valence-electron chi connectivity index (χ2n) is 6.10. The van der Waals surface area contributed by atoms with Gasteiger partial charge in [-0.25, -0.2) is 4.39 Å². The Kier molecular flexibility index (Phi) is 4.06. The lowest BCUT2D eigenvalue weighted by Gasteiger charge is -2.38. The van der Waals surface area contributed by atoms with E-state index < -0.39 is 18.3 Å². The van der Waals surface area contributed by atoms with Crippen molar-refractivity contribution in [3.63, 3.8) is 0 Å². The molecule has 0 spiro atoms. The summed E-state index contributed by atoms with van der Waals surface area (Å²) in [5, 5.41) is 21.0. The van der Waals surface area contributed by atoms with Crippen LogP contribution in [0, 0.1) is 5.82 Å². The van der Waals surface area contributed by atoms with E-state index in [4.69, 9.17) is 4.65 Å². The van der Waals surface area contributed by atoms with Gasteiger partial charge < -0.3 is 14.8 Å². The molecule has 1 aromatic carbocycles. The third-order valence-electron chi connectivity index (χ3n) is 3.88. The quantitative estimate of drug-likeness (QED) is 0.840. The lowest BCUT2D eigenvalue weighted by Crippen LogP contribution is -2.53. The SMILES string of the molecule is CC(C)(O)C(C)(C)OB(O)c1ccnc2cc(F)ccc12. The number of nitrogens with zero attached hydrogens (tertiary/aromatic N) is 1. The Bertz CT molecular complexity index is 655. The fourth-order valence-electron chi connectivity index (χ4n) is 1.85. The molecule has 0 saturated heterocycles. The molecule has 0 aliphatic heterocycles. The van der Waals surface area contributed by atoms with E-state index in [9.17, 15) is 14.5 Å². The maximum absolute atomic E-state index is 13.2. The van der Waals surface area contributed by atoms with Gasteiger partial charge in [0.05, 0.1) is 16.7 Å². The van der Waals surface area contributed by atoms with Gasteiger partial charge in [-0.2, -0.15) is 0 Å². The number of rotatable bonds is 4. The summed E-state index contributed by atoms with van der Waals surface area (Å²) >= 11 is 0. The van der Waals surface area contributed by atoms with Crippen molar-refractivity contribution in [3.05, 3.63) is 36.3 Å². The van der Waals surface area contributed by atoms with Crippen LogP contribution < -0.4 is 5.46 Å². The van der Waals surface area contributed by atoms with Crippen molar-refractivity contribution in [2.24, 2.45) is 0 Å². The number of aliphatic hydroxyl groups is 1. The second kappa shape index (κ2) is 5.37. The van der Waals surface area contributed by atoms with E-state index >= 15 is 0 Å². The van der Waals surface area contributed by atoms with Gasteiger partial charge in [0, 0.05) is 17.6 Å². The number of benzene rings is 1. The molecule has 0 atom stereocenters. The Morgan fingerprint density at radius 2 is 1.86 bits per heavy atom. The zero-order chi connectivity index (χ0) is 15.8. The van der Waals surface area contributed by atoms with Crippen molar-refractivity contribution >= 4 is 23.5 Å². The van der Waals surface area contributed by atoms with E-state index in [1.165, 1.54) is 18.3 Å². The van der Waals surface area contributed by atoms with Crippen LogP contribution >= 0.6 is 0 Å². The number of aromatic nitrogens is 1. The molecule has 112 valence electrons. The molecular weight excluding hydrogens is 272 g/mol. The highest BCUT2D eigenvalue weighted by Crippen LogP contribution is 2.25. The Balaban J connectivity index is 2.38. The van der Waals surface area contributed by atoms with Gasteiger partial charge in [-0.3, -0.25) is 4.98 Å². The van der Waals surface area contributed by atoms with Gasteiger partial charge in [-0.1, -0.05) is 6.07 Å². The molecule has 1 aromatic heterocycles. The van der Waals surface area contributed by atoms with Crippen LogP contribution in [0.15, 0.2) is 30.5 Å². The van der Waals surface area contributed by atoms with Gasteiger partial charge in [0.15, 0.2) is 0 Å². The first-order valence-corrected chi connectivity index (χ1v) is 6.74. The predicted molar refractivity (Wildman–Crippen MR) is 80.8 cm³/mol. The summed E-state index contributed by atoms with van der Waals surface area (Å²) in [4.78, 5) is 4.07. The molecule has 1 heterocycles. The van der Waals surface area contributed by atoms with Crippen LogP contribution in [0.3, 0.4) is 0 Å². The molecule has 4 nitrogen and oxygen atoms in total. The topological polar surface area (TPSA) is 62.6 Å². The lowest BCUT2D eigenvalue weighted by atomic mass is 9.75. The first-order valence-electron chi connectivity index (χ1n) is 6.74. The van der Waals surface area contributed by atoms with Crippen molar-refractivity contribution in [3.8, 4) is 0 Å². The highest BCUT2D eigenvalue weighted by molar-refractivity contribution is 6.63. The maximum atomic E-state index is 13.2. The van der Waals surface area contributed by atoms with E-state index in [1.54, 1.807) is 39.8 Å². The highest BCUT2D eigenvalue weighted by Gasteiger charge is 2.39. The van der Waals surface area contributed by atoms with E-state index in [2.05, 4.69) is 4.98 Å². The third-order valence-corrected chi connectivity index (χ3v) is 3.88. The van der Waals surface area contributed by atoms with Crippen molar-refractivity contribution in [1.82, 2.24) is 4.98 Å². The molecule has 0 aliphatic carbocycles. The van der Waals surface area contributed by atoms with Crippen LogP contribution in [0.4, 0.5) is 4.39 Å². The van der Waals surface area contributed by atoms with Crippen LogP contribution in [0.2, 0.25) is 0 Å². The summed E-state index contributed by atoms with van der Waals surface area (Å²) in [7, 11) is -1.25. The molecule has 0 radical (unpaired) electrons. The number of fused-ring (bicyclic) bond motifs is 1. The van der Waals surface area contributed by atoms with Crippen molar-refractivity contribution in [1.29, 1.82) is 0 Å². The van der Waals surface area contributed by atoms with Crippen molar-refractivity contribution in [2.75, 3.05) is 0 Å². The van der Waals surface area contributed by atoms with Gasteiger partial charge in [0.1, 0.15) is 5.82 Å². The normalized spacial score (nSPS) is 12.7. The molecule has 2 aromatic rings. The highest BCUT2D eigenvalue weighted by atomic mass is 19.1. The van der Waals surface area contributed by atoms with E-state index in [0.717, 1.165) is 0 Å². The Morgan fingerprint density at radius 1 is 1.19 bits per heavy atom. The zero-order valence-electron chi connectivity index (χ0n) is 12.6. The van der Waals surface area contributed by atoms with E-state index in [0.29, 0.717) is 16.4 Å². The first kappa shape index (κ1) is 15.9. The number of hydrogen-bond acceptors (Lipinski definition) is 4. The van der Waals surface area contributed by atoms with Crippen LogP contribution in [-0.2, 0) is 4.65 Å². The third kappa shape index (κ3) is 3.23. The molecule has 21 heavy (non-hydrogen) atoms. The Hall–Kier alpha value is -1.50. The molecule has 0 saturated carbocycles. The largest absolute Gasteiger partial charge is 0.492 e. The van der Waals surface area contributed by atoms with Crippen LogP contribution in [0.25, 0.3) is 10.9 Å². The van der Waals surface area contributed by atoms with E-state index in [-0.39, 0.29) is 5.82 Å². The molecule has 0 unspecified atom stereocenters. The monoisotopic (exact) mass is 291 g/mol. The van der Waals surface area contributed by atoms with Crippen molar-refractivity contribution in [2.45, 2.75) is 38.9 Å². The average Bonchev–Trinajstić information content (AvgIpc) is 2.35. The Labute approximate surface area is 123 Å². The smallest absolute Gasteiger partial charge is 0.423 e. The minimum Gasteiger partial charge on any atom is -0.423 e. The lowest BCUT2D eigenvalue weighted by molar-refractivity contribution is -0.0982. The van der Waals surface area contributed by atoms with Gasteiger partial charge in [-0.05, 0) is 45.3 Å². The molecule has 0 bridgehead atoms. The van der Waals surface area contributed by atoms with E-state index in [1.807, 2.05) is 0 Å². The summed E-state index contributed by atoms with van der Waals surface area (Å²) < 4.78 is 18.8. The second-order valence-corrected chi connectivity index (χ2v) is 6.10. The van der Waals surface area contributed by atoms with Gasteiger partial charge >= 0.3 is 7.12 Å². The zero-order valence-corrected chi connectivity index (χ0v) is 12.6. The fourth-order valence-corrected chi connectivity index (χ4v) is 1.85. The average molecular weight is 291 g/mol. The minimum atomic E-state index is -1.25. The summed E-state index contributed by atoms with van der Waals surface area (Å²) in [5.41, 5.74) is -1.18. The molecule has 0 amide bonds. The molecular formula is C15H19BFNO3. The Morgan fingerprint density at radius 3 is 2.48 bits per heavy atom. The van der Waals surface area contributed by atoms with Crippen LogP contribution in [-0.4, -0.2) is 33.4 Å². The van der Waals surface area contributed by atoms with Gasteiger partial charge in [0.25, 0.3) is 0 Å². The predicted octanol–water partition coefficient (Wildman–Crippen LogP) is 1.63. The fraction of sp³-hybridized carbons (Fsp3) is 0.400. The molecule has 6 heteroatoms. The van der Waals surface area contributed by atoms with Crippen molar-refractivity contribution < 1.29 is 19.2 Å². The summed E-state index contributed by atoms with van der Waals surface area (Å²) in [5.74, 6) is -0.389. The standard InChI is InChI=1S/C15H19BFNO3/c1-14(2,19)15(3,4)21-16(20)12-7-8-18-13-9-10(17)5-6-11(12)13/h5-9,19-20H,1-4H3. The summed E-state index contributed by atoms with van der Waals surface area (Å²) in [6.45, 7) is 6.61. The van der Waals surface area contributed by atoms with Crippen LogP contribution in [0.1, 0.15) is 27.7 Å². The number of halogens is 1. The molecule has 0 fully saturated rings. The number of pyridine rings is 1. The molecule has 2 N–H and O–H groups in total. The molecule has 0 aliphatic rings. The summed E-state index contributed by atoms with van der Waals surface area (Å²) in [6.07, 6.45) is 1.49. The van der Waals surface area contributed by atoms with Gasteiger partial charge in [0.2, 0.25) is 0 Å². The minimum absolute atomic E-state index is 0.389. The maximum Gasteiger partial charge on any atom is 0.492 e. The summed E-state index contributed by atoms with van der Waals surface area (Å²) in [6, 6.07) is 5.77. The van der Waals surface area contributed by atoms with Crippen LogP contribution in [0.5, 0.6) is 0 Å². The molecule has 2 rings (SSSR count). The number of hydrogen-bond donors (Lipinski definition) is 2.